The summed E-state index contributed by atoms with van der Waals surface area (Å²) in [6, 6.07) is 7.87. The van der Waals surface area contributed by atoms with Crippen molar-refractivity contribution in [2.24, 2.45) is 0 Å². The fraction of sp³-hybridized carbons (Fsp3) is 0.562. The van der Waals surface area contributed by atoms with E-state index in [1.54, 1.807) is 0 Å². The van der Waals surface area contributed by atoms with E-state index in [4.69, 9.17) is 9.84 Å². The first-order chi connectivity index (χ1) is 8.97. The molecule has 3 nitrogen and oxygen atoms in total. The van der Waals surface area contributed by atoms with Gasteiger partial charge >= 0.3 is 5.97 Å². The highest BCUT2D eigenvalue weighted by atomic mass is 16.5. The molecule has 2 rings (SSSR count). The third-order valence-electron chi connectivity index (χ3n) is 3.81. The van der Waals surface area contributed by atoms with Gasteiger partial charge in [-0.2, -0.15) is 0 Å². The molecule has 0 atom stereocenters. The molecule has 104 valence electrons. The Balaban J connectivity index is 2.11. The fourth-order valence-corrected chi connectivity index (χ4v) is 2.67. The van der Waals surface area contributed by atoms with Crippen molar-refractivity contribution in [1.29, 1.82) is 0 Å². The second-order valence-electron chi connectivity index (χ2n) is 6.01. The lowest BCUT2D eigenvalue weighted by molar-refractivity contribution is -0.138. The highest BCUT2D eigenvalue weighted by Crippen LogP contribution is 2.31. The number of aliphatic carboxylic acids is 1. The molecule has 1 aliphatic carbocycles. The van der Waals surface area contributed by atoms with E-state index in [1.165, 1.54) is 12.8 Å². The first-order valence-corrected chi connectivity index (χ1v) is 6.96. The summed E-state index contributed by atoms with van der Waals surface area (Å²) in [7, 11) is 0. The van der Waals surface area contributed by atoms with Gasteiger partial charge in [-0.25, -0.2) is 0 Å². The molecule has 0 heterocycles. The second-order valence-corrected chi connectivity index (χ2v) is 6.01. The molecule has 1 aliphatic rings. The quantitative estimate of drug-likeness (QED) is 0.878. The van der Waals surface area contributed by atoms with Crippen LogP contribution in [0, 0.1) is 0 Å². The molecular formula is C16H22O3. The van der Waals surface area contributed by atoms with Crippen LogP contribution in [0.1, 0.15) is 51.5 Å². The molecule has 0 amide bonds. The normalized spacial score (nSPS) is 16.5. The molecule has 0 spiro atoms. The van der Waals surface area contributed by atoms with Crippen LogP contribution in [-0.2, 0) is 10.2 Å². The van der Waals surface area contributed by atoms with Gasteiger partial charge in [0.2, 0.25) is 0 Å². The molecule has 1 N–H and O–H groups in total. The molecule has 19 heavy (non-hydrogen) atoms. The van der Waals surface area contributed by atoms with Crippen LogP contribution in [0.3, 0.4) is 0 Å². The van der Waals surface area contributed by atoms with Crippen molar-refractivity contribution in [3.8, 4) is 5.75 Å². The maximum absolute atomic E-state index is 10.9. The van der Waals surface area contributed by atoms with Gasteiger partial charge < -0.3 is 9.84 Å². The Morgan fingerprint density at radius 3 is 2.68 bits per heavy atom. The summed E-state index contributed by atoms with van der Waals surface area (Å²) < 4.78 is 5.97. The molecule has 0 aromatic heterocycles. The van der Waals surface area contributed by atoms with E-state index < -0.39 is 5.97 Å². The topological polar surface area (TPSA) is 46.5 Å². The van der Waals surface area contributed by atoms with Crippen LogP contribution in [0.25, 0.3) is 0 Å². The van der Waals surface area contributed by atoms with Gasteiger partial charge in [0.05, 0.1) is 12.5 Å². The Kier molecular flexibility index (Phi) is 4.13. The van der Waals surface area contributed by atoms with Crippen molar-refractivity contribution >= 4 is 5.97 Å². The van der Waals surface area contributed by atoms with Crippen LogP contribution in [-0.4, -0.2) is 17.2 Å². The monoisotopic (exact) mass is 262 g/mol. The first-order valence-electron chi connectivity index (χ1n) is 6.96. The number of carbonyl (C=O) groups is 1. The van der Waals surface area contributed by atoms with Gasteiger partial charge in [0.25, 0.3) is 0 Å². The van der Waals surface area contributed by atoms with Gasteiger partial charge in [-0.15, -0.1) is 0 Å². The summed E-state index contributed by atoms with van der Waals surface area (Å²) in [5, 5.41) is 8.98. The van der Waals surface area contributed by atoms with Gasteiger partial charge in [0.1, 0.15) is 5.75 Å². The minimum Gasteiger partial charge on any atom is -0.490 e. The maximum atomic E-state index is 10.9. The summed E-state index contributed by atoms with van der Waals surface area (Å²) in [6.45, 7) is 3.91. The zero-order valence-electron chi connectivity index (χ0n) is 11.7. The van der Waals surface area contributed by atoms with Gasteiger partial charge in [-0.1, -0.05) is 26.0 Å². The minimum atomic E-state index is -0.771. The molecule has 1 aromatic carbocycles. The van der Waals surface area contributed by atoms with E-state index in [-0.39, 0.29) is 11.8 Å². The number of rotatable bonds is 5. The van der Waals surface area contributed by atoms with Crippen LogP contribution in [0.5, 0.6) is 5.75 Å². The summed E-state index contributed by atoms with van der Waals surface area (Å²) in [5.74, 6) is 0.0926. The van der Waals surface area contributed by atoms with E-state index in [9.17, 15) is 4.79 Å². The van der Waals surface area contributed by atoms with Crippen molar-refractivity contribution in [3.05, 3.63) is 29.8 Å². The Labute approximate surface area is 114 Å². The average molecular weight is 262 g/mol. The van der Waals surface area contributed by atoms with Crippen LogP contribution >= 0.6 is 0 Å². The highest BCUT2D eigenvalue weighted by molar-refractivity contribution is 5.69. The molecule has 0 bridgehead atoms. The van der Waals surface area contributed by atoms with Gasteiger partial charge in [0, 0.05) is 5.41 Å². The Bertz CT molecular complexity index is 445. The largest absolute Gasteiger partial charge is 0.490 e. The van der Waals surface area contributed by atoms with Crippen molar-refractivity contribution < 1.29 is 14.6 Å². The molecule has 0 aliphatic heterocycles. The molecule has 1 aromatic rings. The highest BCUT2D eigenvalue weighted by Gasteiger charge is 2.25. The van der Waals surface area contributed by atoms with E-state index in [1.807, 2.05) is 38.1 Å². The molecule has 0 unspecified atom stereocenters. The number of hydrogen-bond acceptors (Lipinski definition) is 2. The van der Waals surface area contributed by atoms with Crippen molar-refractivity contribution in [1.82, 2.24) is 0 Å². The van der Waals surface area contributed by atoms with Crippen molar-refractivity contribution in [2.45, 2.75) is 57.5 Å². The zero-order chi connectivity index (χ0) is 13.9. The Morgan fingerprint density at radius 1 is 1.37 bits per heavy atom. The SMILES string of the molecule is CC(C)(CC(=O)O)c1cccc(OC2CCCC2)c1. The average Bonchev–Trinajstić information content (AvgIpc) is 2.80. The number of carboxylic acids is 1. The van der Waals surface area contributed by atoms with Crippen LogP contribution < -0.4 is 4.74 Å². The molecule has 1 fully saturated rings. The lowest BCUT2D eigenvalue weighted by Gasteiger charge is -2.24. The summed E-state index contributed by atoms with van der Waals surface area (Å²) in [5.41, 5.74) is 0.645. The van der Waals surface area contributed by atoms with Crippen LogP contribution in [0.15, 0.2) is 24.3 Å². The van der Waals surface area contributed by atoms with Crippen molar-refractivity contribution in [3.63, 3.8) is 0 Å². The summed E-state index contributed by atoms with van der Waals surface area (Å²) in [4.78, 5) is 10.9. The first kappa shape index (κ1) is 13.9. The second kappa shape index (κ2) is 5.64. The van der Waals surface area contributed by atoms with Gasteiger partial charge in [-0.05, 0) is 43.4 Å². The number of benzene rings is 1. The lowest BCUT2D eigenvalue weighted by atomic mass is 9.81. The van der Waals surface area contributed by atoms with Crippen LogP contribution in [0.2, 0.25) is 0 Å². The number of carboxylic acid groups (broad SMARTS) is 1. The maximum Gasteiger partial charge on any atom is 0.304 e. The standard InChI is InChI=1S/C16H22O3/c1-16(2,11-15(17)18)12-6-5-9-14(10-12)19-13-7-3-4-8-13/h5-6,9-10,13H,3-4,7-8,11H2,1-2H3,(H,17,18). The predicted molar refractivity (Wildman–Crippen MR) is 74.6 cm³/mol. The minimum absolute atomic E-state index is 0.125. The van der Waals surface area contributed by atoms with Crippen molar-refractivity contribution in [2.75, 3.05) is 0 Å². The van der Waals surface area contributed by atoms with E-state index >= 15 is 0 Å². The summed E-state index contributed by atoms with van der Waals surface area (Å²) >= 11 is 0. The van der Waals surface area contributed by atoms with Gasteiger partial charge in [0.15, 0.2) is 0 Å². The third kappa shape index (κ3) is 3.72. The van der Waals surface area contributed by atoms with Gasteiger partial charge in [-0.3, -0.25) is 4.79 Å². The number of hydrogen-bond donors (Lipinski definition) is 1. The smallest absolute Gasteiger partial charge is 0.304 e. The van der Waals surface area contributed by atoms with E-state index in [2.05, 4.69) is 0 Å². The van der Waals surface area contributed by atoms with E-state index in [0.717, 1.165) is 24.2 Å². The summed E-state index contributed by atoms with van der Waals surface area (Å²) in [6.07, 6.45) is 5.20. The predicted octanol–water partition coefficient (Wildman–Crippen LogP) is 3.76. The Morgan fingerprint density at radius 2 is 2.05 bits per heavy atom. The lowest BCUT2D eigenvalue weighted by Crippen LogP contribution is -2.22. The fourth-order valence-electron chi connectivity index (χ4n) is 2.67. The molecule has 3 heteroatoms. The molecule has 0 saturated heterocycles. The number of ether oxygens (including phenoxy) is 1. The zero-order valence-corrected chi connectivity index (χ0v) is 11.7. The molecular weight excluding hydrogens is 240 g/mol. The third-order valence-corrected chi connectivity index (χ3v) is 3.81. The Hall–Kier alpha value is -1.51. The van der Waals surface area contributed by atoms with Crippen LogP contribution in [0.4, 0.5) is 0 Å². The molecule has 1 saturated carbocycles. The van der Waals surface area contributed by atoms with E-state index in [0.29, 0.717) is 6.10 Å². The molecule has 0 radical (unpaired) electrons.